The highest BCUT2D eigenvalue weighted by molar-refractivity contribution is 6.41. The zero-order chi connectivity index (χ0) is 15.9. The van der Waals surface area contributed by atoms with E-state index < -0.39 is 0 Å². The van der Waals surface area contributed by atoms with Crippen LogP contribution in [0.25, 0.3) is 0 Å². The molecule has 0 aliphatic heterocycles. The minimum absolute atomic E-state index is 0.0925. The van der Waals surface area contributed by atoms with Gasteiger partial charge in [-0.3, -0.25) is 15.6 Å². The number of hydrogen-bond donors (Lipinski definition) is 2. The van der Waals surface area contributed by atoms with E-state index in [-0.39, 0.29) is 12.5 Å². The number of halogens is 3. The lowest BCUT2D eigenvalue weighted by Crippen LogP contribution is -2.32. The second-order valence-corrected chi connectivity index (χ2v) is 5.65. The summed E-state index contributed by atoms with van der Waals surface area (Å²) in [5.41, 5.74) is 6.49. The number of amides is 1. The molecule has 0 aromatic heterocycles. The first-order chi connectivity index (χ1) is 10.6. The van der Waals surface area contributed by atoms with E-state index >= 15 is 0 Å². The first-order valence-electron chi connectivity index (χ1n) is 6.37. The maximum Gasteiger partial charge on any atom is 0.264 e. The highest BCUT2D eigenvalue weighted by atomic mass is 35.5. The van der Waals surface area contributed by atoms with Crippen molar-refractivity contribution in [3.8, 4) is 0 Å². The molecule has 0 saturated heterocycles. The van der Waals surface area contributed by atoms with E-state index in [1.807, 2.05) is 30.3 Å². The smallest absolute Gasteiger partial charge is 0.264 e. The SMILES string of the molecule is O=C(COCc1ccccc1)NNc1c(Cl)cc(Cl)cc1Cl. The molecule has 0 aliphatic carbocycles. The molecule has 2 aromatic carbocycles. The average Bonchev–Trinajstić information content (AvgIpc) is 2.47. The first kappa shape index (κ1) is 16.9. The van der Waals surface area contributed by atoms with Gasteiger partial charge >= 0.3 is 0 Å². The molecule has 0 fully saturated rings. The van der Waals surface area contributed by atoms with Crippen LogP contribution >= 0.6 is 34.8 Å². The van der Waals surface area contributed by atoms with Crippen LogP contribution in [0, 0.1) is 0 Å². The summed E-state index contributed by atoms with van der Waals surface area (Å²) in [4.78, 5) is 11.7. The summed E-state index contributed by atoms with van der Waals surface area (Å²) >= 11 is 17.8. The Kier molecular flexibility index (Phi) is 6.34. The molecule has 2 aromatic rings. The Morgan fingerprint density at radius 1 is 1.05 bits per heavy atom. The van der Waals surface area contributed by atoms with E-state index in [2.05, 4.69) is 10.9 Å². The number of benzene rings is 2. The molecule has 0 unspecified atom stereocenters. The van der Waals surface area contributed by atoms with Crippen molar-refractivity contribution >= 4 is 46.4 Å². The van der Waals surface area contributed by atoms with E-state index in [0.717, 1.165) is 5.56 Å². The molecule has 4 nitrogen and oxygen atoms in total. The summed E-state index contributed by atoms with van der Waals surface area (Å²) in [5, 5.41) is 1.03. The third-order valence-corrected chi connectivity index (χ3v) is 3.49. The molecule has 0 aliphatic rings. The minimum Gasteiger partial charge on any atom is -0.367 e. The lowest BCUT2D eigenvalue weighted by atomic mass is 10.2. The fourth-order valence-electron chi connectivity index (χ4n) is 1.67. The Hall–Kier alpha value is -1.46. The fraction of sp³-hybridized carbons (Fsp3) is 0.133. The Balaban J connectivity index is 1.79. The van der Waals surface area contributed by atoms with Gasteiger partial charge in [0, 0.05) is 5.02 Å². The third kappa shape index (κ3) is 5.07. The van der Waals surface area contributed by atoms with Gasteiger partial charge < -0.3 is 4.74 Å². The van der Waals surface area contributed by atoms with Crippen LogP contribution < -0.4 is 10.9 Å². The van der Waals surface area contributed by atoms with Crippen LogP contribution in [0.1, 0.15) is 5.56 Å². The van der Waals surface area contributed by atoms with E-state index in [4.69, 9.17) is 39.5 Å². The molecular weight excluding hydrogens is 347 g/mol. The van der Waals surface area contributed by atoms with Crippen molar-refractivity contribution in [2.45, 2.75) is 6.61 Å². The average molecular weight is 360 g/mol. The van der Waals surface area contributed by atoms with Crippen molar-refractivity contribution in [2.24, 2.45) is 0 Å². The third-order valence-electron chi connectivity index (χ3n) is 2.68. The Bertz CT molecular complexity index is 627. The molecule has 2 rings (SSSR count). The molecule has 0 saturated carbocycles. The topological polar surface area (TPSA) is 50.4 Å². The molecule has 0 spiro atoms. The van der Waals surface area contributed by atoms with Crippen LogP contribution in [0.3, 0.4) is 0 Å². The second kappa shape index (κ2) is 8.25. The van der Waals surface area contributed by atoms with E-state index in [0.29, 0.717) is 27.4 Å². The summed E-state index contributed by atoms with van der Waals surface area (Å²) in [5.74, 6) is -0.349. The predicted molar refractivity (Wildman–Crippen MR) is 89.3 cm³/mol. The first-order valence-corrected chi connectivity index (χ1v) is 7.50. The summed E-state index contributed by atoms with van der Waals surface area (Å²) in [6.07, 6.45) is 0. The van der Waals surface area contributed by atoms with Gasteiger partial charge in [0.05, 0.1) is 22.3 Å². The van der Waals surface area contributed by atoms with Gasteiger partial charge in [-0.05, 0) is 17.7 Å². The molecule has 22 heavy (non-hydrogen) atoms. The van der Waals surface area contributed by atoms with Gasteiger partial charge in [0.2, 0.25) is 0 Å². The number of carbonyl (C=O) groups is 1. The zero-order valence-electron chi connectivity index (χ0n) is 11.4. The maximum atomic E-state index is 11.7. The molecule has 116 valence electrons. The Labute approximate surface area is 143 Å². The Morgan fingerprint density at radius 2 is 1.68 bits per heavy atom. The Morgan fingerprint density at radius 3 is 2.32 bits per heavy atom. The van der Waals surface area contributed by atoms with Gasteiger partial charge in [-0.15, -0.1) is 0 Å². The minimum atomic E-state index is -0.349. The molecular formula is C15H13Cl3N2O2. The lowest BCUT2D eigenvalue weighted by molar-refractivity contribution is -0.125. The number of carbonyl (C=O) groups excluding carboxylic acids is 1. The summed E-state index contributed by atoms with van der Waals surface area (Å²) in [7, 11) is 0. The maximum absolute atomic E-state index is 11.7. The quantitative estimate of drug-likeness (QED) is 0.756. The summed E-state index contributed by atoms with van der Waals surface area (Å²) in [6, 6.07) is 12.6. The van der Waals surface area contributed by atoms with Crippen LogP contribution in [0.15, 0.2) is 42.5 Å². The number of hydrazine groups is 1. The fourth-order valence-corrected chi connectivity index (χ4v) is 2.58. The van der Waals surface area contributed by atoms with Gasteiger partial charge in [-0.25, -0.2) is 0 Å². The molecule has 1 amide bonds. The van der Waals surface area contributed by atoms with Crippen LogP contribution in [-0.4, -0.2) is 12.5 Å². The van der Waals surface area contributed by atoms with E-state index in [1.165, 1.54) is 12.1 Å². The normalized spacial score (nSPS) is 10.3. The molecule has 0 bridgehead atoms. The lowest BCUT2D eigenvalue weighted by Gasteiger charge is -2.12. The molecule has 0 radical (unpaired) electrons. The highest BCUT2D eigenvalue weighted by Crippen LogP contribution is 2.32. The number of rotatable bonds is 6. The molecule has 0 heterocycles. The number of anilines is 1. The largest absolute Gasteiger partial charge is 0.367 e. The van der Waals surface area contributed by atoms with Gasteiger partial charge in [-0.2, -0.15) is 0 Å². The molecule has 0 atom stereocenters. The van der Waals surface area contributed by atoms with Crippen molar-refractivity contribution in [1.82, 2.24) is 5.43 Å². The van der Waals surface area contributed by atoms with Crippen molar-refractivity contribution in [3.05, 3.63) is 63.1 Å². The van der Waals surface area contributed by atoms with E-state index in [9.17, 15) is 4.79 Å². The summed E-state index contributed by atoms with van der Waals surface area (Å²) in [6.45, 7) is 0.265. The molecule has 7 heteroatoms. The van der Waals surface area contributed by atoms with Gasteiger partial charge in [0.1, 0.15) is 6.61 Å². The zero-order valence-corrected chi connectivity index (χ0v) is 13.7. The van der Waals surface area contributed by atoms with Crippen molar-refractivity contribution in [1.29, 1.82) is 0 Å². The van der Waals surface area contributed by atoms with Gasteiger partial charge in [-0.1, -0.05) is 65.1 Å². The van der Waals surface area contributed by atoms with Gasteiger partial charge in [0.25, 0.3) is 5.91 Å². The number of nitrogens with one attached hydrogen (secondary N) is 2. The van der Waals surface area contributed by atoms with Gasteiger partial charge in [0.15, 0.2) is 0 Å². The number of hydrogen-bond acceptors (Lipinski definition) is 3. The monoisotopic (exact) mass is 358 g/mol. The number of ether oxygens (including phenoxy) is 1. The van der Waals surface area contributed by atoms with Crippen molar-refractivity contribution < 1.29 is 9.53 Å². The van der Waals surface area contributed by atoms with E-state index in [1.54, 1.807) is 0 Å². The van der Waals surface area contributed by atoms with Crippen molar-refractivity contribution in [3.63, 3.8) is 0 Å². The second-order valence-electron chi connectivity index (χ2n) is 4.40. The van der Waals surface area contributed by atoms with Crippen LogP contribution in [0.2, 0.25) is 15.1 Å². The van der Waals surface area contributed by atoms with Crippen LogP contribution in [0.4, 0.5) is 5.69 Å². The standard InChI is InChI=1S/C15H13Cl3N2O2/c16-11-6-12(17)15(13(18)7-11)20-19-14(21)9-22-8-10-4-2-1-3-5-10/h1-7,20H,8-9H2,(H,19,21). The predicted octanol–water partition coefficient (Wildman–Crippen LogP) is 4.31. The van der Waals surface area contributed by atoms with Crippen molar-refractivity contribution in [2.75, 3.05) is 12.0 Å². The van der Waals surface area contributed by atoms with Crippen LogP contribution in [-0.2, 0) is 16.1 Å². The van der Waals surface area contributed by atoms with Crippen LogP contribution in [0.5, 0.6) is 0 Å². The summed E-state index contributed by atoms with van der Waals surface area (Å²) < 4.78 is 5.31. The molecule has 2 N–H and O–H groups in total. The highest BCUT2D eigenvalue weighted by Gasteiger charge is 2.09.